The smallest absolute Gasteiger partial charge is 0.267 e. The van der Waals surface area contributed by atoms with Crippen molar-refractivity contribution in [3.05, 3.63) is 82.2 Å². The van der Waals surface area contributed by atoms with Gasteiger partial charge in [-0.3, -0.25) is 4.79 Å². The van der Waals surface area contributed by atoms with Crippen LogP contribution < -0.4 is 5.32 Å². The minimum atomic E-state index is -0.234. The molecule has 0 atom stereocenters. The van der Waals surface area contributed by atoms with Crippen molar-refractivity contribution in [1.29, 1.82) is 0 Å². The van der Waals surface area contributed by atoms with Gasteiger partial charge in [0.05, 0.1) is 5.02 Å². The summed E-state index contributed by atoms with van der Waals surface area (Å²) in [5, 5.41) is 4.32. The number of fused-ring (bicyclic) bond motifs is 2. The van der Waals surface area contributed by atoms with Crippen LogP contribution in [0.3, 0.4) is 0 Å². The summed E-state index contributed by atoms with van der Waals surface area (Å²) in [6, 6.07) is 21.3. The molecule has 154 valence electrons. The van der Waals surface area contributed by atoms with E-state index in [2.05, 4.69) is 36.3 Å². The van der Waals surface area contributed by atoms with Crippen LogP contribution in [-0.4, -0.2) is 10.9 Å². The molecule has 0 bridgehead atoms. The maximum atomic E-state index is 12.9. The Morgan fingerprint density at radius 2 is 1.90 bits per heavy atom. The van der Waals surface area contributed by atoms with Gasteiger partial charge >= 0.3 is 0 Å². The Kier molecular flexibility index (Phi) is 5.00. The van der Waals surface area contributed by atoms with Crippen LogP contribution in [0.1, 0.15) is 35.0 Å². The molecule has 0 radical (unpaired) electrons. The molecule has 2 heterocycles. The summed E-state index contributed by atoms with van der Waals surface area (Å²) >= 11 is 7.83. The number of oxazole rings is 1. The highest BCUT2D eigenvalue weighted by Gasteiger charge is 2.17. The fraction of sp³-hybridized carbons (Fsp3) is 0.120. The maximum absolute atomic E-state index is 12.9. The lowest BCUT2D eigenvalue weighted by Gasteiger charge is -2.05. The van der Waals surface area contributed by atoms with E-state index in [4.69, 9.17) is 16.0 Å². The van der Waals surface area contributed by atoms with Crippen molar-refractivity contribution in [3.63, 3.8) is 0 Å². The van der Waals surface area contributed by atoms with Crippen LogP contribution in [-0.2, 0) is 0 Å². The van der Waals surface area contributed by atoms with Crippen molar-refractivity contribution >= 4 is 55.7 Å². The van der Waals surface area contributed by atoms with Gasteiger partial charge in [-0.25, -0.2) is 4.98 Å². The Bertz CT molecular complexity index is 1430. The number of nitrogens with one attached hydrogen (secondary N) is 1. The predicted molar refractivity (Wildman–Crippen MR) is 128 cm³/mol. The summed E-state index contributed by atoms with van der Waals surface area (Å²) < 4.78 is 6.93. The Labute approximate surface area is 188 Å². The molecular weight excluding hydrogens is 428 g/mol. The van der Waals surface area contributed by atoms with Gasteiger partial charge in [0.2, 0.25) is 5.89 Å². The zero-order valence-electron chi connectivity index (χ0n) is 17.0. The molecule has 1 N–H and O–H groups in total. The number of carbonyl (C=O) groups excluding carboxylic acids is 1. The number of hydrogen-bond acceptors (Lipinski definition) is 4. The van der Waals surface area contributed by atoms with Gasteiger partial charge in [-0.1, -0.05) is 55.8 Å². The largest absolute Gasteiger partial charge is 0.436 e. The molecule has 31 heavy (non-hydrogen) atoms. The van der Waals surface area contributed by atoms with Gasteiger partial charge in [-0.05, 0) is 47.9 Å². The Balaban J connectivity index is 1.44. The van der Waals surface area contributed by atoms with Crippen LogP contribution in [0.5, 0.6) is 0 Å². The minimum Gasteiger partial charge on any atom is -0.436 e. The molecule has 0 fully saturated rings. The summed E-state index contributed by atoms with van der Waals surface area (Å²) in [6.45, 7) is 4.30. The quantitative estimate of drug-likeness (QED) is 0.307. The Morgan fingerprint density at radius 3 is 2.71 bits per heavy atom. The van der Waals surface area contributed by atoms with Crippen molar-refractivity contribution < 1.29 is 9.21 Å². The second-order valence-electron chi connectivity index (χ2n) is 7.68. The fourth-order valence-corrected chi connectivity index (χ4v) is 4.92. The van der Waals surface area contributed by atoms with Crippen LogP contribution in [0.25, 0.3) is 32.6 Å². The summed E-state index contributed by atoms with van der Waals surface area (Å²) in [4.78, 5) is 18.0. The zero-order chi connectivity index (χ0) is 21.5. The molecule has 0 aliphatic rings. The first kappa shape index (κ1) is 19.8. The van der Waals surface area contributed by atoms with Gasteiger partial charge in [0.15, 0.2) is 5.58 Å². The number of anilines is 1. The molecule has 2 aromatic heterocycles. The molecule has 4 nitrogen and oxygen atoms in total. The predicted octanol–water partition coefficient (Wildman–Crippen LogP) is 7.74. The van der Waals surface area contributed by atoms with E-state index in [1.807, 2.05) is 54.6 Å². The lowest BCUT2D eigenvalue weighted by Crippen LogP contribution is -2.10. The Morgan fingerprint density at radius 1 is 1.06 bits per heavy atom. The number of aromatic nitrogens is 1. The van der Waals surface area contributed by atoms with Crippen LogP contribution in [0.2, 0.25) is 5.02 Å². The average molecular weight is 447 g/mol. The van der Waals surface area contributed by atoms with Crippen molar-refractivity contribution in [2.75, 3.05) is 5.32 Å². The van der Waals surface area contributed by atoms with Crippen LogP contribution >= 0.6 is 22.9 Å². The topological polar surface area (TPSA) is 55.1 Å². The van der Waals surface area contributed by atoms with Crippen molar-refractivity contribution in [1.82, 2.24) is 4.98 Å². The Hall–Kier alpha value is -3.15. The van der Waals surface area contributed by atoms with Gasteiger partial charge in [0.25, 0.3) is 5.91 Å². The van der Waals surface area contributed by atoms with Crippen molar-refractivity contribution in [2.24, 2.45) is 0 Å². The molecule has 6 heteroatoms. The number of halogens is 1. The maximum Gasteiger partial charge on any atom is 0.267 e. The third-order valence-corrected chi connectivity index (χ3v) is 6.86. The van der Waals surface area contributed by atoms with Gasteiger partial charge < -0.3 is 9.73 Å². The highest BCUT2D eigenvalue weighted by molar-refractivity contribution is 7.21. The van der Waals surface area contributed by atoms with E-state index < -0.39 is 0 Å². The minimum absolute atomic E-state index is 0.234. The first-order valence-electron chi connectivity index (χ1n) is 9.99. The van der Waals surface area contributed by atoms with Crippen molar-refractivity contribution in [3.8, 4) is 11.5 Å². The second-order valence-corrected chi connectivity index (χ2v) is 9.11. The highest BCUT2D eigenvalue weighted by atomic mass is 35.5. The molecule has 5 rings (SSSR count). The lowest BCUT2D eigenvalue weighted by atomic mass is 10.0. The third kappa shape index (κ3) is 3.71. The van der Waals surface area contributed by atoms with Crippen LogP contribution in [0.15, 0.2) is 71.1 Å². The SMILES string of the molecule is CC(C)c1ccc2oc(-c3cccc(NC(=O)c4sc5ccccc5c4Cl)c3)nc2c1. The molecule has 0 aliphatic heterocycles. The van der Waals surface area contributed by atoms with E-state index in [-0.39, 0.29) is 5.91 Å². The summed E-state index contributed by atoms with van der Waals surface area (Å²) in [5.41, 5.74) is 4.23. The van der Waals surface area contributed by atoms with E-state index in [1.54, 1.807) is 0 Å². The second kappa shape index (κ2) is 7.84. The van der Waals surface area contributed by atoms with E-state index in [0.29, 0.717) is 27.4 Å². The van der Waals surface area contributed by atoms with Gasteiger partial charge in [-0.15, -0.1) is 11.3 Å². The highest BCUT2D eigenvalue weighted by Crippen LogP contribution is 2.36. The standard InChI is InChI=1S/C25H19ClN2O2S/c1-14(2)15-10-11-20-19(13-15)28-25(30-20)16-6-5-7-17(12-16)27-24(29)23-22(26)18-8-3-4-9-21(18)31-23/h3-14H,1-2H3,(H,27,29). The molecule has 0 saturated carbocycles. The normalized spacial score (nSPS) is 11.5. The molecule has 5 aromatic rings. The molecule has 0 unspecified atom stereocenters. The average Bonchev–Trinajstić information content (AvgIpc) is 3.35. The molecule has 0 aliphatic carbocycles. The monoisotopic (exact) mass is 446 g/mol. The molecule has 0 spiro atoms. The molecule has 0 saturated heterocycles. The number of benzene rings is 3. The third-order valence-electron chi connectivity index (χ3n) is 5.19. The fourth-order valence-electron chi connectivity index (χ4n) is 3.50. The molecule has 3 aromatic carbocycles. The van der Waals surface area contributed by atoms with Gasteiger partial charge in [0, 0.05) is 21.3 Å². The number of hydrogen-bond donors (Lipinski definition) is 1. The first-order valence-corrected chi connectivity index (χ1v) is 11.2. The number of thiophene rings is 1. The molecular formula is C25H19ClN2O2S. The van der Waals surface area contributed by atoms with Gasteiger partial charge in [0.1, 0.15) is 10.4 Å². The van der Waals surface area contributed by atoms with Crippen LogP contribution in [0, 0.1) is 0 Å². The van der Waals surface area contributed by atoms with E-state index in [1.165, 1.54) is 16.9 Å². The first-order chi connectivity index (χ1) is 15.0. The number of amides is 1. The number of carbonyl (C=O) groups is 1. The van der Waals surface area contributed by atoms with Crippen molar-refractivity contribution in [2.45, 2.75) is 19.8 Å². The van der Waals surface area contributed by atoms with E-state index in [0.717, 1.165) is 26.7 Å². The summed E-state index contributed by atoms with van der Waals surface area (Å²) in [6.07, 6.45) is 0. The number of rotatable bonds is 4. The number of nitrogens with zero attached hydrogens (tertiary/aromatic N) is 1. The summed E-state index contributed by atoms with van der Waals surface area (Å²) in [7, 11) is 0. The summed E-state index contributed by atoms with van der Waals surface area (Å²) in [5.74, 6) is 0.707. The molecule has 1 amide bonds. The van der Waals surface area contributed by atoms with E-state index >= 15 is 0 Å². The zero-order valence-corrected chi connectivity index (χ0v) is 18.6. The van der Waals surface area contributed by atoms with E-state index in [9.17, 15) is 4.79 Å². The van der Waals surface area contributed by atoms with Gasteiger partial charge in [-0.2, -0.15) is 0 Å². The lowest BCUT2D eigenvalue weighted by molar-refractivity contribution is 0.103. The van der Waals surface area contributed by atoms with Crippen LogP contribution in [0.4, 0.5) is 5.69 Å².